The minimum Gasteiger partial charge on any atom is -0.371 e. The molecule has 22 heavy (non-hydrogen) atoms. The third kappa shape index (κ3) is 1.73. The van der Waals surface area contributed by atoms with Gasteiger partial charge in [0.1, 0.15) is 5.41 Å². The van der Waals surface area contributed by atoms with Crippen LogP contribution in [0.1, 0.15) is 29.5 Å². The summed E-state index contributed by atoms with van der Waals surface area (Å²) < 4.78 is 0. The molecule has 3 nitrogen and oxygen atoms in total. The van der Waals surface area contributed by atoms with Crippen LogP contribution in [0.25, 0.3) is 6.08 Å². The summed E-state index contributed by atoms with van der Waals surface area (Å²) in [5, 5.41) is 1.40. The summed E-state index contributed by atoms with van der Waals surface area (Å²) >= 11 is 0. The molecule has 3 heterocycles. The Balaban J connectivity index is 2.05. The van der Waals surface area contributed by atoms with Crippen LogP contribution in [-0.2, 0) is 22.4 Å². The lowest BCUT2D eigenvalue weighted by atomic mass is 9.89. The number of carbonyl (C=O) groups excluding carboxylic acids is 2. The fourth-order valence-electron chi connectivity index (χ4n) is 4.53. The predicted molar refractivity (Wildman–Crippen MR) is 91.5 cm³/mol. The molecule has 0 aliphatic carbocycles. The number of nitrogens with zero attached hydrogens (tertiary/aromatic N) is 1. The Bertz CT molecular complexity index is 731. The molecule has 3 aliphatic heterocycles. The van der Waals surface area contributed by atoms with E-state index >= 15 is 0 Å². The van der Waals surface area contributed by atoms with E-state index in [-0.39, 0.29) is 5.41 Å². The molecule has 1 aromatic rings. The van der Waals surface area contributed by atoms with Gasteiger partial charge in [-0.05, 0) is 59.7 Å². The van der Waals surface area contributed by atoms with Crippen LogP contribution in [0.3, 0.4) is 0 Å². The maximum atomic E-state index is 12.7. The highest BCUT2D eigenvalue weighted by molar-refractivity contribution is 7.16. The first-order valence-corrected chi connectivity index (χ1v) is 11.2. The van der Waals surface area contributed by atoms with Gasteiger partial charge in [-0.1, -0.05) is 13.1 Å². The monoisotopic (exact) mass is 311 g/mol. The van der Waals surface area contributed by atoms with Crippen molar-refractivity contribution in [3.63, 3.8) is 0 Å². The van der Waals surface area contributed by atoms with Gasteiger partial charge in [-0.2, -0.15) is 0 Å². The van der Waals surface area contributed by atoms with Crippen LogP contribution < -0.4 is 10.1 Å². The predicted octanol–water partition coefficient (Wildman–Crippen LogP) is 2.00. The second kappa shape index (κ2) is 4.65. The molecule has 0 N–H and O–H groups in total. The molecule has 1 aromatic carbocycles. The molecular formula is C18H21NO2Si. The molecular weight excluding hydrogens is 290 g/mol. The topological polar surface area (TPSA) is 37.4 Å². The first kappa shape index (κ1) is 13.9. The first-order valence-electron chi connectivity index (χ1n) is 8.20. The van der Waals surface area contributed by atoms with Crippen molar-refractivity contribution in [3.05, 3.63) is 28.3 Å². The number of aldehydes is 1. The SMILES string of the molecule is C[Si]1(C)C(=O)C(C=O)=Cc2cc3c4c(c21)CCCN4CCC3. The fourth-order valence-corrected chi connectivity index (χ4v) is 7.48. The van der Waals surface area contributed by atoms with Gasteiger partial charge in [0.05, 0.1) is 5.57 Å². The Kier molecular flexibility index (Phi) is 2.95. The van der Waals surface area contributed by atoms with Crippen LogP contribution in [0.2, 0.25) is 13.1 Å². The van der Waals surface area contributed by atoms with Crippen LogP contribution in [0.5, 0.6) is 0 Å². The molecule has 4 heteroatoms. The van der Waals surface area contributed by atoms with Crippen molar-refractivity contribution in [2.75, 3.05) is 18.0 Å². The molecule has 0 aromatic heterocycles. The van der Waals surface area contributed by atoms with E-state index in [0.717, 1.165) is 37.8 Å². The van der Waals surface area contributed by atoms with E-state index in [1.54, 1.807) is 0 Å². The zero-order valence-electron chi connectivity index (χ0n) is 13.2. The fraction of sp³-hybridized carbons (Fsp3) is 0.444. The van der Waals surface area contributed by atoms with E-state index in [4.69, 9.17) is 0 Å². The van der Waals surface area contributed by atoms with Crippen molar-refractivity contribution in [2.45, 2.75) is 38.8 Å². The number of benzene rings is 1. The molecule has 0 radical (unpaired) electrons. The zero-order chi connectivity index (χ0) is 15.5. The summed E-state index contributed by atoms with van der Waals surface area (Å²) in [6.45, 7) is 6.50. The summed E-state index contributed by atoms with van der Waals surface area (Å²) in [4.78, 5) is 26.5. The standard InChI is InChI=1S/C18H21NO2Si/c1-22(2)17-13(10-14(11-20)18(22)21)9-12-5-3-7-19-8-4-6-15(17)16(12)19/h9-11H,3-8H2,1-2H3. The average molecular weight is 311 g/mol. The molecule has 3 aliphatic rings. The molecule has 0 atom stereocenters. The van der Waals surface area contributed by atoms with Gasteiger partial charge < -0.3 is 4.90 Å². The van der Waals surface area contributed by atoms with Gasteiger partial charge in [0.25, 0.3) is 0 Å². The molecule has 0 spiro atoms. The summed E-state index contributed by atoms with van der Waals surface area (Å²) in [6, 6.07) is 2.26. The van der Waals surface area contributed by atoms with Gasteiger partial charge in [0.15, 0.2) is 14.4 Å². The van der Waals surface area contributed by atoms with Crippen molar-refractivity contribution in [3.8, 4) is 0 Å². The van der Waals surface area contributed by atoms with Crippen molar-refractivity contribution in [1.29, 1.82) is 0 Å². The van der Waals surface area contributed by atoms with Crippen LogP contribution in [0.15, 0.2) is 11.6 Å². The Labute approximate surface area is 132 Å². The Hall–Kier alpha value is -1.68. The lowest BCUT2D eigenvalue weighted by molar-refractivity contribution is -0.112. The van der Waals surface area contributed by atoms with E-state index in [1.165, 1.54) is 34.8 Å². The molecule has 0 unspecified atom stereocenters. The average Bonchev–Trinajstić information content (AvgIpc) is 2.51. The van der Waals surface area contributed by atoms with Gasteiger partial charge in [-0.15, -0.1) is 0 Å². The third-order valence-electron chi connectivity index (χ3n) is 5.45. The quantitative estimate of drug-likeness (QED) is 0.452. The van der Waals surface area contributed by atoms with Gasteiger partial charge >= 0.3 is 0 Å². The molecule has 0 fully saturated rings. The van der Waals surface area contributed by atoms with Gasteiger partial charge in [0, 0.05) is 18.8 Å². The Morgan fingerprint density at radius 1 is 1.18 bits per heavy atom. The van der Waals surface area contributed by atoms with Crippen LogP contribution in [-0.4, -0.2) is 32.9 Å². The number of rotatable bonds is 1. The third-order valence-corrected chi connectivity index (χ3v) is 8.71. The normalized spacial score (nSPS) is 21.8. The second-order valence-electron chi connectivity index (χ2n) is 7.19. The highest BCUT2D eigenvalue weighted by Crippen LogP contribution is 2.38. The number of hydrogen-bond donors (Lipinski definition) is 0. The molecule has 114 valence electrons. The molecule has 0 saturated heterocycles. The maximum Gasteiger partial charge on any atom is 0.164 e. The number of carbonyl (C=O) groups is 2. The highest BCUT2D eigenvalue weighted by atomic mass is 28.3. The lowest BCUT2D eigenvalue weighted by Gasteiger charge is -2.41. The Morgan fingerprint density at radius 3 is 2.64 bits per heavy atom. The van der Waals surface area contributed by atoms with Gasteiger partial charge in [-0.3, -0.25) is 9.59 Å². The summed E-state index contributed by atoms with van der Waals surface area (Å²) in [5.74, 6) is 0. The smallest absolute Gasteiger partial charge is 0.164 e. The maximum absolute atomic E-state index is 12.7. The van der Waals surface area contributed by atoms with Crippen LogP contribution in [0, 0.1) is 0 Å². The van der Waals surface area contributed by atoms with Gasteiger partial charge in [-0.25, -0.2) is 0 Å². The van der Waals surface area contributed by atoms with Crippen molar-refractivity contribution in [1.82, 2.24) is 0 Å². The number of fused-ring (bicyclic) bond motifs is 2. The number of anilines is 1. The highest BCUT2D eigenvalue weighted by Gasteiger charge is 2.43. The van der Waals surface area contributed by atoms with Crippen molar-refractivity contribution in [2.24, 2.45) is 0 Å². The van der Waals surface area contributed by atoms with Crippen LogP contribution in [0.4, 0.5) is 5.69 Å². The largest absolute Gasteiger partial charge is 0.371 e. The van der Waals surface area contributed by atoms with Crippen molar-refractivity contribution >= 4 is 36.7 Å². The summed E-state index contributed by atoms with van der Waals surface area (Å²) in [6.07, 6.45) is 7.16. The lowest BCUT2D eigenvalue weighted by Crippen LogP contribution is -2.56. The minimum absolute atomic E-state index is 0.0964. The number of hydrogen-bond acceptors (Lipinski definition) is 3. The Morgan fingerprint density at radius 2 is 1.91 bits per heavy atom. The molecule has 0 bridgehead atoms. The first-order chi connectivity index (χ1) is 10.5. The minimum atomic E-state index is -2.28. The van der Waals surface area contributed by atoms with Crippen LogP contribution >= 0.6 is 0 Å². The molecule has 0 saturated carbocycles. The van der Waals surface area contributed by atoms with E-state index in [2.05, 4.69) is 24.1 Å². The second-order valence-corrected chi connectivity index (χ2v) is 11.4. The van der Waals surface area contributed by atoms with E-state index in [1.807, 2.05) is 6.08 Å². The van der Waals surface area contributed by atoms with E-state index in [9.17, 15) is 9.59 Å². The zero-order valence-corrected chi connectivity index (χ0v) is 14.2. The summed E-state index contributed by atoms with van der Waals surface area (Å²) in [5.41, 5.74) is 5.79. The molecule has 4 rings (SSSR count). The number of aryl methyl sites for hydroxylation is 1. The van der Waals surface area contributed by atoms with Crippen molar-refractivity contribution < 1.29 is 9.59 Å². The summed E-state index contributed by atoms with van der Waals surface area (Å²) in [7, 11) is -2.28. The van der Waals surface area contributed by atoms with E-state index in [0.29, 0.717) is 5.57 Å². The number of allylic oxidation sites excluding steroid dienone is 1. The molecule has 0 amide bonds. The van der Waals surface area contributed by atoms with E-state index < -0.39 is 8.07 Å². The van der Waals surface area contributed by atoms with Gasteiger partial charge in [0.2, 0.25) is 0 Å².